The van der Waals surface area contributed by atoms with Crippen molar-refractivity contribution in [2.45, 2.75) is 38.6 Å². The molecule has 1 N–H and O–H groups in total. The van der Waals surface area contributed by atoms with E-state index in [1.807, 2.05) is 0 Å². The third-order valence-corrected chi connectivity index (χ3v) is 5.17. The molecule has 1 aliphatic rings. The summed E-state index contributed by atoms with van der Waals surface area (Å²) in [5.41, 5.74) is 0.977. The molecule has 0 radical (unpaired) electrons. The number of carbonyl (C=O) groups excluding carboxylic acids is 1. The number of amides is 1. The molecule has 2 heterocycles. The molecule has 0 bridgehead atoms. The van der Waals surface area contributed by atoms with E-state index in [1.165, 1.54) is 12.8 Å². The highest BCUT2D eigenvalue weighted by Crippen LogP contribution is 2.26. The van der Waals surface area contributed by atoms with Gasteiger partial charge in [-0.05, 0) is 43.9 Å². The fraction of sp³-hybridized carbons (Fsp3) is 0.389. The molecular formula is C18H20Cl2N4O. The van der Waals surface area contributed by atoms with E-state index < -0.39 is 0 Å². The molecule has 132 valence electrons. The lowest BCUT2D eigenvalue weighted by atomic mass is 10.0. The van der Waals surface area contributed by atoms with Crippen molar-refractivity contribution in [3.8, 4) is 0 Å². The maximum absolute atomic E-state index is 12.3. The maximum Gasteiger partial charge on any atom is 0.258 e. The Kier molecular flexibility index (Phi) is 5.76. The Labute approximate surface area is 157 Å². The normalized spacial score (nSPS) is 17.4. The second-order valence-corrected chi connectivity index (χ2v) is 6.92. The summed E-state index contributed by atoms with van der Waals surface area (Å²) in [5.74, 6) is 0.410. The lowest BCUT2D eigenvalue weighted by Gasteiger charge is -2.35. The van der Waals surface area contributed by atoms with Gasteiger partial charge in [0.05, 0.1) is 15.6 Å². The minimum Gasteiger partial charge on any atom is -0.338 e. The summed E-state index contributed by atoms with van der Waals surface area (Å²) in [5, 5.41) is 3.60. The summed E-state index contributed by atoms with van der Waals surface area (Å²) in [7, 11) is 0. The highest BCUT2D eigenvalue weighted by Gasteiger charge is 2.23. The van der Waals surface area contributed by atoms with E-state index in [9.17, 15) is 4.79 Å². The van der Waals surface area contributed by atoms with E-state index in [0.29, 0.717) is 33.3 Å². The zero-order valence-electron chi connectivity index (χ0n) is 14.0. The third kappa shape index (κ3) is 4.22. The smallest absolute Gasteiger partial charge is 0.258 e. The number of carbonyl (C=O) groups is 1. The van der Waals surface area contributed by atoms with E-state index >= 15 is 0 Å². The first-order chi connectivity index (χ1) is 12.1. The second kappa shape index (κ2) is 8.02. The number of nitrogens with zero attached hydrogens (tertiary/aromatic N) is 3. The summed E-state index contributed by atoms with van der Waals surface area (Å²) in [6.45, 7) is 3.15. The van der Waals surface area contributed by atoms with Gasteiger partial charge in [0.1, 0.15) is 0 Å². The first-order valence-corrected chi connectivity index (χ1v) is 9.19. The molecule has 0 saturated carbocycles. The van der Waals surface area contributed by atoms with Crippen LogP contribution in [0.2, 0.25) is 10.0 Å². The van der Waals surface area contributed by atoms with Crippen molar-refractivity contribution < 1.29 is 4.79 Å². The SMILES string of the molecule is CCC1CCCCN1c1ncc(C(=O)Nc2ccc(Cl)c(Cl)c2)cn1. The van der Waals surface area contributed by atoms with Crippen LogP contribution in [0, 0.1) is 0 Å². The molecule has 1 aliphatic heterocycles. The Balaban J connectivity index is 1.70. The van der Waals surface area contributed by atoms with Crippen LogP contribution in [0.1, 0.15) is 43.0 Å². The number of piperidine rings is 1. The fourth-order valence-electron chi connectivity index (χ4n) is 3.05. The van der Waals surface area contributed by atoms with Gasteiger partial charge >= 0.3 is 0 Å². The number of hydrogen-bond acceptors (Lipinski definition) is 4. The van der Waals surface area contributed by atoms with Crippen molar-refractivity contribution in [1.29, 1.82) is 0 Å². The lowest BCUT2D eigenvalue weighted by molar-refractivity contribution is 0.102. The topological polar surface area (TPSA) is 58.1 Å². The van der Waals surface area contributed by atoms with E-state index in [0.717, 1.165) is 19.4 Å². The van der Waals surface area contributed by atoms with Gasteiger partial charge in [0.15, 0.2) is 0 Å². The van der Waals surface area contributed by atoms with E-state index in [2.05, 4.69) is 27.1 Å². The molecule has 0 spiro atoms. The van der Waals surface area contributed by atoms with Crippen LogP contribution in [0.5, 0.6) is 0 Å². The van der Waals surface area contributed by atoms with Crippen molar-refractivity contribution in [2.75, 3.05) is 16.8 Å². The molecule has 25 heavy (non-hydrogen) atoms. The summed E-state index contributed by atoms with van der Waals surface area (Å²) < 4.78 is 0. The quantitative estimate of drug-likeness (QED) is 0.829. The molecule has 1 unspecified atom stereocenters. The zero-order chi connectivity index (χ0) is 17.8. The molecule has 1 aromatic carbocycles. The molecule has 1 aromatic heterocycles. The standard InChI is InChI=1S/C18H20Cl2N4O/c1-2-14-5-3-4-8-24(14)18-21-10-12(11-22-18)17(25)23-13-6-7-15(19)16(20)9-13/h6-7,9-11,14H,2-5,8H2,1H3,(H,23,25). The monoisotopic (exact) mass is 378 g/mol. The third-order valence-electron chi connectivity index (χ3n) is 4.43. The molecule has 5 nitrogen and oxygen atoms in total. The predicted molar refractivity (Wildman–Crippen MR) is 102 cm³/mol. The van der Waals surface area contributed by atoms with Gasteiger partial charge in [0, 0.05) is 30.7 Å². The molecule has 3 rings (SSSR count). The van der Waals surface area contributed by atoms with Crippen LogP contribution in [0.15, 0.2) is 30.6 Å². The number of anilines is 2. The first kappa shape index (κ1) is 18.0. The molecule has 1 amide bonds. The van der Waals surface area contributed by atoms with Gasteiger partial charge in [0.2, 0.25) is 5.95 Å². The molecule has 2 aromatic rings. The van der Waals surface area contributed by atoms with Crippen LogP contribution >= 0.6 is 23.2 Å². The lowest BCUT2D eigenvalue weighted by Crippen LogP contribution is -2.40. The van der Waals surface area contributed by atoms with Crippen LogP contribution in [-0.4, -0.2) is 28.5 Å². The van der Waals surface area contributed by atoms with Gasteiger partial charge in [-0.25, -0.2) is 9.97 Å². The van der Waals surface area contributed by atoms with Crippen molar-refractivity contribution >= 4 is 40.7 Å². The van der Waals surface area contributed by atoms with Gasteiger partial charge in [-0.1, -0.05) is 30.1 Å². The molecule has 1 fully saturated rings. The highest BCUT2D eigenvalue weighted by atomic mass is 35.5. The first-order valence-electron chi connectivity index (χ1n) is 8.43. The molecule has 7 heteroatoms. The van der Waals surface area contributed by atoms with Crippen LogP contribution in [0.4, 0.5) is 11.6 Å². The average molecular weight is 379 g/mol. The van der Waals surface area contributed by atoms with Crippen LogP contribution in [0.3, 0.4) is 0 Å². The Bertz CT molecular complexity index is 751. The number of rotatable bonds is 4. The number of hydrogen-bond donors (Lipinski definition) is 1. The molecule has 1 atom stereocenters. The molecular weight excluding hydrogens is 359 g/mol. The summed E-state index contributed by atoms with van der Waals surface area (Å²) in [6.07, 6.45) is 7.77. The fourth-order valence-corrected chi connectivity index (χ4v) is 3.35. The number of aromatic nitrogens is 2. The Hall–Kier alpha value is -1.85. The highest BCUT2D eigenvalue weighted by molar-refractivity contribution is 6.42. The summed E-state index contributed by atoms with van der Waals surface area (Å²) in [4.78, 5) is 23.4. The van der Waals surface area contributed by atoms with Crippen molar-refractivity contribution in [3.63, 3.8) is 0 Å². The van der Waals surface area contributed by atoms with Gasteiger partial charge < -0.3 is 10.2 Å². The van der Waals surface area contributed by atoms with E-state index in [4.69, 9.17) is 23.2 Å². The number of benzene rings is 1. The average Bonchev–Trinajstić information content (AvgIpc) is 2.65. The van der Waals surface area contributed by atoms with Gasteiger partial charge in [-0.2, -0.15) is 0 Å². The number of nitrogens with one attached hydrogen (secondary N) is 1. The largest absolute Gasteiger partial charge is 0.338 e. The van der Waals surface area contributed by atoms with Crippen molar-refractivity contribution in [1.82, 2.24) is 9.97 Å². The molecule has 1 saturated heterocycles. The minimum absolute atomic E-state index is 0.282. The zero-order valence-corrected chi connectivity index (χ0v) is 15.5. The van der Waals surface area contributed by atoms with Crippen LogP contribution < -0.4 is 10.2 Å². The summed E-state index contributed by atoms with van der Waals surface area (Å²) in [6, 6.07) is 5.42. The number of halogens is 2. The van der Waals surface area contributed by atoms with E-state index in [1.54, 1.807) is 30.6 Å². The van der Waals surface area contributed by atoms with Crippen LogP contribution in [0.25, 0.3) is 0 Å². The Morgan fingerprint density at radius 1 is 1.24 bits per heavy atom. The Morgan fingerprint density at radius 3 is 2.68 bits per heavy atom. The Morgan fingerprint density at radius 2 is 2.00 bits per heavy atom. The van der Waals surface area contributed by atoms with E-state index in [-0.39, 0.29) is 5.91 Å². The van der Waals surface area contributed by atoms with Crippen LogP contribution in [-0.2, 0) is 0 Å². The van der Waals surface area contributed by atoms with Crippen molar-refractivity contribution in [3.05, 3.63) is 46.2 Å². The second-order valence-electron chi connectivity index (χ2n) is 6.11. The maximum atomic E-state index is 12.3. The van der Waals surface area contributed by atoms with Gasteiger partial charge in [-0.15, -0.1) is 0 Å². The van der Waals surface area contributed by atoms with Crippen molar-refractivity contribution in [2.24, 2.45) is 0 Å². The minimum atomic E-state index is -0.282. The van der Waals surface area contributed by atoms with Gasteiger partial charge in [-0.3, -0.25) is 4.79 Å². The predicted octanol–water partition coefficient (Wildman–Crippen LogP) is 4.80. The van der Waals surface area contributed by atoms with Gasteiger partial charge in [0.25, 0.3) is 5.91 Å². The molecule has 0 aliphatic carbocycles. The summed E-state index contributed by atoms with van der Waals surface area (Å²) >= 11 is 11.8.